The van der Waals surface area contributed by atoms with Crippen LogP contribution in [-0.4, -0.2) is 81.5 Å². The molecule has 11 atom stereocenters. The molecule has 9 heteroatoms. The smallest absolute Gasteiger partial charge is 0.328 e. The third-order valence-corrected chi connectivity index (χ3v) is 14.9. The molecule has 0 radical (unpaired) electrons. The summed E-state index contributed by atoms with van der Waals surface area (Å²) in [6.07, 6.45) is 15.6. The average Bonchev–Trinajstić information content (AvgIpc) is 3.51. The van der Waals surface area contributed by atoms with Crippen molar-refractivity contribution in [2.75, 3.05) is 46.4 Å². The molecule has 7 N–H and O–H groups in total. The van der Waals surface area contributed by atoms with Gasteiger partial charge in [0.2, 0.25) is 5.91 Å². The third-order valence-electron chi connectivity index (χ3n) is 14.9. The summed E-state index contributed by atoms with van der Waals surface area (Å²) >= 11 is 0. The van der Waals surface area contributed by atoms with E-state index in [2.05, 4.69) is 42.0 Å². The normalized spacial score (nSPS) is 33.3. The highest BCUT2D eigenvalue weighted by Gasteiger charge is 2.62. The van der Waals surface area contributed by atoms with E-state index < -0.39 is 12.0 Å². The number of methoxy groups -OCH3 is 1. The highest BCUT2D eigenvalue weighted by atomic mass is 16.5. The second-order valence-corrected chi connectivity index (χ2v) is 18.0. The standard InChI is InChI=1S/C44H75N5O4/c1-31(14-17-40(51)49-38(42(52)53-4)28-32-12-6-5-7-13-32)35-15-16-36-41-37(19-21-44(35,36)3)43(2)20-18-34(29-33(43)30-39(41)50)48-27-11-26-47-24-9-8-23-46-25-10-22-45/h5-7,12-13,31,33-39,41,46-48,50H,8-11,14-30,45H2,1-4H3,(H,49,51)/t31-,33+,34+,35-,36+,37+,38+,39-,41+,43+,44-/m1/s1. The molecule has 1 aromatic rings. The van der Waals surface area contributed by atoms with E-state index in [0.29, 0.717) is 59.8 Å². The Labute approximate surface area is 321 Å². The maximum absolute atomic E-state index is 13.2. The van der Waals surface area contributed by atoms with Gasteiger partial charge in [-0.3, -0.25) is 4.79 Å². The maximum atomic E-state index is 13.2. The minimum Gasteiger partial charge on any atom is -0.467 e. The summed E-state index contributed by atoms with van der Waals surface area (Å²) in [6.45, 7) is 13.6. The van der Waals surface area contributed by atoms with Crippen LogP contribution < -0.4 is 27.0 Å². The Kier molecular flexibility index (Phi) is 16.1. The Bertz CT molecular complexity index is 1270. The molecule has 4 aliphatic rings. The Hall–Kier alpha value is -2.04. The first-order chi connectivity index (χ1) is 25.6. The van der Waals surface area contributed by atoms with Crippen molar-refractivity contribution in [1.29, 1.82) is 0 Å². The minimum atomic E-state index is -0.680. The fourth-order valence-electron chi connectivity index (χ4n) is 11.9. The van der Waals surface area contributed by atoms with Crippen molar-refractivity contribution in [1.82, 2.24) is 21.3 Å². The number of hydrogen-bond donors (Lipinski definition) is 6. The van der Waals surface area contributed by atoms with Gasteiger partial charge in [-0.05, 0) is 175 Å². The number of hydrogen-bond acceptors (Lipinski definition) is 8. The molecule has 0 spiro atoms. The molecular formula is C44H75N5O4. The van der Waals surface area contributed by atoms with Crippen LogP contribution in [-0.2, 0) is 20.7 Å². The molecule has 0 aliphatic heterocycles. The van der Waals surface area contributed by atoms with E-state index in [1.54, 1.807) is 0 Å². The molecule has 0 aromatic heterocycles. The Balaban J connectivity index is 1.06. The summed E-state index contributed by atoms with van der Waals surface area (Å²) in [5.41, 5.74) is 7.07. The number of esters is 1. The first-order valence-corrected chi connectivity index (χ1v) is 21.5. The fraction of sp³-hybridized carbons (Fsp3) is 0.818. The van der Waals surface area contributed by atoms with Crippen LogP contribution in [0.25, 0.3) is 0 Å². The first kappa shape index (κ1) is 42.1. The van der Waals surface area contributed by atoms with Crippen molar-refractivity contribution in [3.63, 3.8) is 0 Å². The lowest BCUT2D eigenvalue weighted by Crippen LogP contribution is -2.59. The summed E-state index contributed by atoms with van der Waals surface area (Å²) in [7, 11) is 1.38. The summed E-state index contributed by atoms with van der Waals surface area (Å²) in [6, 6.07) is 9.66. The van der Waals surface area contributed by atoms with Gasteiger partial charge in [0.25, 0.3) is 0 Å². The molecular weight excluding hydrogens is 663 g/mol. The highest BCUT2D eigenvalue weighted by Crippen LogP contribution is 2.68. The lowest BCUT2D eigenvalue weighted by molar-refractivity contribution is -0.167. The predicted octanol–water partition coefficient (Wildman–Crippen LogP) is 5.59. The zero-order chi connectivity index (χ0) is 37.8. The van der Waals surface area contributed by atoms with Gasteiger partial charge in [0.1, 0.15) is 6.04 Å². The molecule has 4 fully saturated rings. The first-order valence-electron chi connectivity index (χ1n) is 21.5. The minimum absolute atomic E-state index is 0.0798. The van der Waals surface area contributed by atoms with Gasteiger partial charge in [-0.25, -0.2) is 4.79 Å². The molecule has 300 valence electrons. The lowest BCUT2D eigenvalue weighted by Gasteiger charge is -2.62. The second-order valence-electron chi connectivity index (χ2n) is 18.0. The SMILES string of the molecule is COC(=O)[C@H](Cc1ccccc1)NC(=O)CC[C@@H](C)[C@H]1CC[C@H]2[C@@H]3[C@H](O)C[C@@H]4C[C@@H](NCCCNCCCCNCCCN)CC[C@]4(C)[C@H]3CC[C@]12C. The predicted molar refractivity (Wildman–Crippen MR) is 214 cm³/mol. The molecule has 53 heavy (non-hydrogen) atoms. The van der Waals surface area contributed by atoms with E-state index >= 15 is 0 Å². The topological polar surface area (TPSA) is 138 Å². The summed E-state index contributed by atoms with van der Waals surface area (Å²) in [5.74, 6) is 2.63. The number of aliphatic hydroxyl groups excluding tert-OH is 1. The Morgan fingerprint density at radius 3 is 2.28 bits per heavy atom. The van der Waals surface area contributed by atoms with Crippen molar-refractivity contribution in [3.05, 3.63) is 35.9 Å². The molecule has 1 amide bonds. The molecule has 0 heterocycles. The van der Waals surface area contributed by atoms with E-state index in [0.717, 1.165) is 70.5 Å². The van der Waals surface area contributed by atoms with Crippen molar-refractivity contribution < 1.29 is 19.4 Å². The fourth-order valence-corrected chi connectivity index (χ4v) is 11.9. The van der Waals surface area contributed by atoms with Crippen LogP contribution >= 0.6 is 0 Å². The number of nitrogens with one attached hydrogen (secondary N) is 4. The summed E-state index contributed by atoms with van der Waals surface area (Å²) < 4.78 is 5.02. The molecule has 9 nitrogen and oxygen atoms in total. The average molecular weight is 738 g/mol. The number of amides is 1. The highest BCUT2D eigenvalue weighted by molar-refractivity contribution is 5.84. The van der Waals surface area contributed by atoms with Crippen molar-refractivity contribution in [2.24, 2.45) is 52.1 Å². The van der Waals surface area contributed by atoms with Crippen LogP contribution in [0.5, 0.6) is 0 Å². The molecule has 4 saturated carbocycles. The van der Waals surface area contributed by atoms with Gasteiger partial charge >= 0.3 is 5.97 Å². The van der Waals surface area contributed by atoms with E-state index in [1.807, 2.05) is 30.3 Å². The van der Waals surface area contributed by atoms with Crippen LogP contribution in [0.2, 0.25) is 0 Å². The molecule has 0 saturated heterocycles. The van der Waals surface area contributed by atoms with Gasteiger partial charge in [0.15, 0.2) is 0 Å². The Morgan fingerprint density at radius 2 is 1.57 bits per heavy atom. The molecule has 0 unspecified atom stereocenters. The van der Waals surface area contributed by atoms with Gasteiger partial charge in [0, 0.05) is 18.9 Å². The van der Waals surface area contributed by atoms with Crippen LogP contribution in [0.15, 0.2) is 30.3 Å². The van der Waals surface area contributed by atoms with Gasteiger partial charge in [-0.2, -0.15) is 0 Å². The van der Waals surface area contributed by atoms with Crippen LogP contribution in [0.4, 0.5) is 0 Å². The quantitative estimate of drug-likeness (QED) is 0.0710. The number of fused-ring (bicyclic) bond motifs is 5. The molecule has 1 aromatic carbocycles. The van der Waals surface area contributed by atoms with Gasteiger partial charge in [0.05, 0.1) is 13.2 Å². The maximum Gasteiger partial charge on any atom is 0.328 e. The van der Waals surface area contributed by atoms with Crippen LogP contribution in [0.3, 0.4) is 0 Å². The third kappa shape index (κ3) is 10.6. The zero-order valence-electron chi connectivity index (χ0n) is 33.7. The Morgan fingerprint density at radius 1 is 0.887 bits per heavy atom. The monoisotopic (exact) mass is 738 g/mol. The van der Waals surface area contributed by atoms with E-state index in [-0.39, 0.29) is 17.4 Å². The molecule has 4 aliphatic carbocycles. The zero-order valence-corrected chi connectivity index (χ0v) is 33.7. The number of carbonyl (C=O) groups excluding carboxylic acids is 2. The van der Waals surface area contributed by atoms with E-state index in [9.17, 15) is 14.7 Å². The van der Waals surface area contributed by atoms with Crippen molar-refractivity contribution in [2.45, 2.75) is 135 Å². The van der Waals surface area contributed by atoms with Crippen LogP contribution in [0, 0.1) is 46.3 Å². The van der Waals surface area contributed by atoms with Gasteiger partial charge < -0.3 is 36.8 Å². The number of ether oxygens (including phenoxy) is 1. The summed E-state index contributed by atoms with van der Waals surface area (Å²) in [5, 5.41) is 25.9. The van der Waals surface area contributed by atoms with Crippen LogP contribution in [0.1, 0.15) is 116 Å². The molecule has 5 rings (SSSR count). The lowest BCUT2D eigenvalue weighted by atomic mass is 9.43. The summed E-state index contributed by atoms with van der Waals surface area (Å²) in [4.78, 5) is 25.7. The molecule has 0 bridgehead atoms. The van der Waals surface area contributed by atoms with E-state index in [1.165, 1.54) is 64.9 Å². The largest absolute Gasteiger partial charge is 0.467 e. The number of aliphatic hydroxyl groups is 1. The number of benzene rings is 1. The van der Waals surface area contributed by atoms with Crippen molar-refractivity contribution >= 4 is 11.9 Å². The van der Waals surface area contributed by atoms with E-state index in [4.69, 9.17) is 10.5 Å². The van der Waals surface area contributed by atoms with Gasteiger partial charge in [-0.15, -0.1) is 0 Å². The number of nitrogens with two attached hydrogens (primary N) is 1. The number of rotatable bonds is 21. The van der Waals surface area contributed by atoms with Crippen molar-refractivity contribution in [3.8, 4) is 0 Å². The number of unbranched alkanes of at least 4 members (excludes halogenated alkanes) is 1. The van der Waals surface area contributed by atoms with Gasteiger partial charge in [-0.1, -0.05) is 51.1 Å². The second kappa shape index (κ2) is 20.2. The number of carbonyl (C=O) groups is 2.